The van der Waals surface area contributed by atoms with E-state index in [2.05, 4.69) is 15.5 Å². The van der Waals surface area contributed by atoms with Gasteiger partial charge in [-0.25, -0.2) is 4.39 Å². The number of benzene rings is 1. The lowest BCUT2D eigenvalue weighted by Crippen LogP contribution is -2.52. The lowest BCUT2D eigenvalue weighted by molar-refractivity contribution is -0.133. The Balaban J connectivity index is 1.63. The molecule has 2 N–H and O–H groups in total. The summed E-state index contributed by atoms with van der Waals surface area (Å²) in [4.78, 5) is 29.8. The van der Waals surface area contributed by atoms with E-state index in [4.69, 9.17) is 0 Å². The van der Waals surface area contributed by atoms with Crippen molar-refractivity contribution < 1.29 is 14.0 Å². The second-order valence-corrected chi connectivity index (χ2v) is 7.69. The highest BCUT2D eigenvalue weighted by Crippen LogP contribution is 2.19. The summed E-state index contributed by atoms with van der Waals surface area (Å²) in [5.74, 6) is -1.28. The summed E-state index contributed by atoms with van der Waals surface area (Å²) in [5.41, 5.74) is -0.0314. The van der Waals surface area contributed by atoms with Crippen molar-refractivity contribution in [2.75, 3.05) is 39.3 Å². The first-order valence-electron chi connectivity index (χ1n) is 9.76. The van der Waals surface area contributed by atoms with Gasteiger partial charge in [-0.2, -0.15) is 0 Å². The molecule has 0 aliphatic carbocycles. The average molecular weight is 376 g/mol. The van der Waals surface area contributed by atoms with Crippen LogP contribution in [0.5, 0.6) is 0 Å². The third kappa shape index (κ3) is 4.65. The first-order valence-corrected chi connectivity index (χ1v) is 9.76. The summed E-state index contributed by atoms with van der Waals surface area (Å²) in [6.07, 6.45) is 0.956. The van der Waals surface area contributed by atoms with Gasteiger partial charge in [0.1, 0.15) is 11.9 Å². The molecule has 2 atom stereocenters. The zero-order valence-electron chi connectivity index (χ0n) is 16.1. The van der Waals surface area contributed by atoms with Crippen LogP contribution in [0.25, 0.3) is 0 Å². The zero-order chi connectivity index (χ0) is 19.4. The van der Waals surface area contributed by atoms with Crippen LogP contribution in [-0.2, 0) is 4.79 Å². The maximum atomic E-state index is 13.9. The van der Waals surface area contributed by atoms with Crippen LogP contribution >= 0.6 is 0 Å². The van der Waals surface area contributed by atoms with Crippen LogP contribution in [0.15, 0.2) is 24.3 Å². The lowest BCUT2D eigenvalue weighted by atomic mass is 10.0. The van der Waals surface area contributed by atoms with E-state index in [0.29, 0.717) is 19.1 Å². The molecule has 2 unspecified atom stereocenters. The van der Waals surface area contributed by atoms with Gasteiger partial charge in [0.25, 0.3) is 5.91 Å². The molecule has 27 heavy (non-hydrogen) atoms. The van der Waals surface area contributed by atoms with Crippen molar-refractivity contribution >= 4 is 11.8 Å². The number of carbonyl (C=O) groups is 2. The van der Waals surface area contributed by atoms with Gasteiger partial charge in [0.15, 0.2) is 0 Å². The minimum absolute atomic E-state index is 0.0314. The van der Waals surface area contributed by atoms with Crippen LogP contribution in [0.4, 0.5) is 4.39 Å². The Bertz CT molecular complexity index is 676. The Morgan fingerprint density at radius 3 is 2.56 bits per heavy atom. The summed E-state index contributed by atoms with van der Waals surface area (Å²) in [7, 11) is 0. The highest BCUT2D eigenvalue weighted by Gasteiger charge is 2.35. The minimum Gasteiger partial charge on any atom is -0.340 e. The predicted octanol–water partition coefficient (Wildman–Crippen LogP) is 1.09. The third-order valence-corrected chi connectivity index (χ3v) is 5.48. The smallest absolute Gasteiger partial charge is 0.254 e. The molecule has 1 aromatic carbocycles. The molecular weight excluding hydrogens is 347 g/mol. The van der Waals surface area contributed by atoms with E-state index in [0.717, 1.165) is 32.6 Å². The highest BCUT2D eigenvalue weighted by atomic mass is 19.1. The number of nitrogens with one attached hydrogen (secondary N) is 2. The van der Waals surface area contributed by atoms with Gasteiger partial charge >= 0.3 is 0 Å². The van der Waals surface area contributed by atoms with Crippen molar-refractivity contribution in [3.63, 3.8) is 0 Å². The molecule has 3 rings (SSSR count). The number of rotatable bonds is 5. The fraction of sp³-hybridized carbons (Fsp3) is 0.600. The molecular formula is C20H29FN4O2. The third-order valence-electron chi connectivity index (χ3n) is 5.48. The van der Waals surface area contributed by atoms with Gasteiger partial charge in [-0.05, 0) is 24.5 Å². The van der Waals surface area contributed by atoms with E-state index >= 15 is 0 Å². The number of piperazine rings is 1. The molecule has 2 amide bonds. The number of halogens is 1. The number of hydrogen-bond donors (Lipinski definition) is 2. The maximum Gasteiger partial charge on any atom is 0.254 e. The number of nitrogens with zero attached hydrogens (tertiary/aromatic N) is 2. The Morgan fingerprint density at radius 2 is 1.89 bits per heavy atom. The van der Waals surface area contributed by atoms with Crippen molar-refractivity contribution in [1.29, 1.82) is 0 Å². The van der Waals surface area contributed by atoms with Crippen molar-refractivity contribution in [3.8, 4) is 0 Å². The molecule has 0 saturated carbocycles. The first-order chi connectivity index (χ1) is 13.0. The van der Waals surface area contributed by atoms with Gasteiger partial charge in [0.05, 0.1) is 5.56 Å². The summed E-state index contributed by atoms with van der Waals surface area (Å²) < 4.78 is 13.9. The van der Waals surface area contributed by atoms with Gasteiger partial charge in [-0.3, -0.25) is 14.5 Å². The maximum absolute atomic E-state index is 13.9. The first kappa shape index (κ1) is 19.8. The molecule has 2 aliphatic heterocycles. The van der Waals surface area contributed by atoms with Crippen molar-refractivity contribution in [1.82, 2.24) is 20.4 Å². The SMILES string of the molecule is CC(C)C(NC(=O)c1ccccc1F)C(=O)N1CCC(N2CCNCC2)C1. The molecule has 2 saturated heterocycles. The molecule has 0 bridgehead atoms. The second kappa shape index (κ2) is 8.80. The van der Waals surface area contributed by atoms with Crippen molar-refractivity contribution in [2.24, 2.45) is 5.92 Å². The van der Waals surface area contributed by atoms with Gasteiger partial charge in [0.2, 0.25) is 5.91 Å². The van der Waals surface area contributed by atoms with Gasteiger partial charge in [0, 0.05) is 45.3 Å². The number of carbonyl (C=O) groups excluding carboxylic acids is 2. The standard InChI is InChI=1S/C20H29FN4O2/c1-14(2)18(23-19(26)16-5-3-4-6-17(16)21)20(27)25-10-7-15(13-25)24-11-8-22-9-12-24/h3-6,14-15,18,22H,7-13H2,1-2H3,(H,23,26). The monoisotopic (exact) mass is 376 g/mol. The summed E-state index contributed by atoms with van der Waals surface area (Å²) in [6, 6.07) is 5.56. The van der Waals surface area contributed by atoms with E-state index in [1.807, 2.05) is 18.7 Å². The molecule has 0 radical (unpaired) electrons. The van der Waals surface area contributed by atoms with Gasteiger partial charge in [-0.15, -0.1) is 0 Å². The largest absolute Gasteiger partial charge is 0.340 e. The Hall–Kier alpha value is -1.99. The van der Waals surface area contributed by atoms with E-state index in [1.54, 1.807) is 6.07 Å². The molecule has 148 valence electrons. The molecule has 6 nitrogen and oxygen atoms in total. The average Bonchev–Trinajstić information content (AvgIpc) is 3.16. The minimum atomic E-state index is -0.654. The molecule has 2 fully saturated rings. The quantitative estimate of drug-likeness (QED) is 0.807. The lowest BCUT2D eigenvalue weighted by Gasteiger charge is -2.33. The van der Waals surface area contributed by atoms with E-state index in [-0.39, 0.29) is 17.4 Å². The Labute approximate surface area is 160 Å². The van der Waals surface area contributed by atoms with Gasteiger partial charge in [-0.1, -0.05) is 26.0 Å². The van der Waals surface area contributed by atoms with Crippen LogP contribution in [-0.4, -0.2) is 73.0 Å². The summed E-state index contributed by atoms with van der Waals surface area (Å²) in [5, 5.41) is 6.10. The molecule has 2 aliphatic rings. The fourth-order valence-electron chi connectivity index (χ4n) is 3.86. The highest BCUT2D eigenvalue weighted by molar-refractivity contribution is 5.97. The Kier molecular flexibility index (Phi) is 6.44. The van der Waals surface area contributed by atoms with Crippen LogP contribution in [0.3, 0.4) is 0 Å². The zero-order valence-corrected chi connectivity index (χ0v) is 16.1. The second-order valence-electron chi connectivity index (χ2n) is 7.69. The van der Waals surface area contributed by atoms with Crippen molar-refractivity contribution in [2.45, 2.75) is 32.4 Å². The van der Waals surface area contributed by atoms with E-state index < -0.39 is 17.8 Å². The molecule has 1 aromatic rings. The van der Waals surface area contributed by atoms with Crippen LogP contribution < -0.4 is 10.6 Å². The molecule has 0 spiro atoms. The van der Waals surface area contributed by atoms with Crippen molar-refractivity contribution in [3.05, 3.63) is 35.6 Å². The van der Waals surface area contributed by atoms with Crippen LogP contribution in [0.1, 0.15) is 30.6 Å². The van der Waals surface area contributed by atoms with Crippen LogP contribution in [0, 0.1) is 11.7 Å². The summed E-state index contributed by atoms with van der Waals surface area (Å²) >= 11 is 0. The van der Waals surface area contributed by atoms with Gasteiger partial charge < -0.3 is 15.5 Å². The number of amides is 2. The predicted molar refractivity (Wildman–Crippen MR) is 102 cm³/mol. The number of likely N-dealkylation sites (tertiary alicyclic amines) is 1. The summed E-state index contributed by atoms with van der Waals surface area (Å²) in [6.45, 7) is 9.16. The molecule has 0 aromatic heterocycles. The van der Waals surface area contributed by atoms with Crippen LogP contribution in [0.2, 0.25) is 0 Å². The number of hydrogen-bond acceptors (Lipinski definition) is 4. The topological polar surface area (TPSA) is 64.7 Å². The molecule has 7 heteroatoms. The van der Waals surface area contributed by atoms with E-state index in [1.165, 1.54) is 18.2 Å². The Morgan fingerprint density at radius 1 is 1.19 bits per heavy atom. The normalized spacial score (nSPS) is 22.1. The van der Waals surface area contributed by atoms with E-state index in [9.17, 15) is 14.0 Å². The molecule has 2 heterocycles. The fourth-order valence-corrected chi connectivity index (χ4v) is 3.86.